The maximum Gasteiger partial charge on any atom is 0.195 e. The summed E-state index contributed by atoms with van der Waals surface area (Å²) in [6, 6.07) is 41.9. The Balaban J connectivity index is 1.48. The molecule has 1 N–H and O–H groups in total. The lowest BCUT2D eigenvalue weighted by Gasteiger charge is -2.15. The lowest BCUT2D eigenvalue weighted by Crippen LogP contribution is -2.05. The number of rotatable bonds is 5. The summed E-state index contributed by atoms with van der Waals surface area (Å²) in [6.45, 7) is 0. The Bertz CT molecular complexity index is 1680. The molecule has 0 aliphatic heterocycles. The van der Waals surface area contributed by atoms with Gasteiger partial charge in [-0.15, -0.1) is 0 Å². The van der Waals surface area contributed by atoms with E-state index in [-0.39, 0.29) is 5.78 Å². The van der Waals surface area contributed by atoms with Crippen LogP contribution in [0.3, 0.4) is 0 Å². The van der Waals surface area contributed by atoms with E-state index in [0.717, 1.165) is 44.3 Å². The molecule has 0 aliphatic carbocycles. The summed E-state index contributed by atoms with van der Waals surface area (Å²) < 4.78 is 0. The van der Waals surface area contributed by atoms with Crippen LogP contribution in [0.25, 0.3) is 32.9 Å². The number of carbonyl (C=O) groups excluding carboxylic acids is 1. The maximum absolute atomic E-state index is 13.2. The average Bonchev–Trinajstić information content (AvgIpc) is 2.92. The molecule has 3 nitrogen and oxygen atoms in total. The van der Waals surface area contributed by atoms with Gasteiger partial charge in [0.15, 0.2) is 5.78 Å². The second-order valence-electron chi connectivity index (χ2n) is 8.47. The molecular weight excluding hydrogens is 428 g/mol. The highest BCUT2D eigenvalue weighted by atomic mass is 16.1. The molecule has 1 aromatic heterocycles. The van der Waals surface area contributed by atoms with Gasteiger partial charge in [-0.25, -0.2) is 4.98 Å². The molecule has 0 saturated carbocycles. The number of benzene rings is 5. The molecule has 166 valence electrons. The van der Waals surface area contributed by atoms with Crippen molar-refractivity contribution in [1.82, 2.24) is 4.98 Å². The van der Waals surface area contributed by atoms with Crippen molar-refractivity contribution in [2.24, 2.45) is 0 Å². The summed E-state index contributed by atoms with van der Waals surface area (Å²) in [7, 11) is 0. The zero-order valence-electron chi connectivity index (χ0n) is 19.0. The quantitative estimate of drug-likeness (QED) is 0.213. The van der Waals surface area contributed by atoms with Gasteiger partial charge in [-0.3, -0.25) is 4.79 Å². The predicted octanol–water partition coefficient (Wildman–Crippen LogP) is 8.03. The number of hydrogen-bond donors (Lipinski definition) is 1. The van der Waals surface area contributed by atoms with Gasteiger partial charge in [0.25, 0.3) is 0 Å². The Kier molecular flexibility index (Phi) is 5.28. The van der Waals surface area contributed by atoms with Crippen molar-refractivity contribution in [1.29, 1.82) is 0 Å². The minimum absolute atomic E-state index is 0.00729. The summed E-state index contributed by atoms with van der Waals surface area (Å²) in [5.74, 6) is -0.00729. The van der Waals surface area contributed by atoms with Gasteiger partial charge < -0.3 is 5.32 Å². The van der Waals surface area contributed by atoms with Crippen LogP contribution in [0, 0.1) is 0 Å². The number of para-hydroxylation sites is 2. The third kappa shape index (κ3) is 3.94. The molecule has 0 aliphatic rings. The van der Waals surface area contributed by atoms with Gasteiger partial charge in [0.1, 0.15) is 0 Å². The molecule has 0 radical (unpaired) electrons. The summed E-state index contributed by atoms with van der Waals surface area (Å²) >= 11 is 0. The van der Waals surface area contributed by atoms with Gasteiger partial charge in [0.05, 0.1) is 11.0 Å². The molecule has 6 rings (SSSR count). The van der Waals surface area contributed by atoms with E-state index in [9.17, 15) is 4.79 Å². The molecule has 5 aromatic carbocycles. The fraction of sp³-hybridized carbons (Fsp3) is 0. The number of hydrogen-bond acceptors (Lipinski definition) is 3. The largest absolute Gasteiger partial charge is 0.355 e. The monoisotopic (exact) mass is 450 g/mol. The standard InChI is InChI=1S/C32H22N2O/c35-32(23-13-5-2-6-14-23)26-16-8-10-18-29(26)33-24-19-20-30-27(21-24)31(22-11-3-1-4-12-22)25-15-7-9-17-28(25)34-30/h1-21,33H. The minimum atomic E-state index is -0.00729. The third-order valence-corrected chi connectivity index (χ3v) is 6.23. The van der Waals surface area contributed by atoms with Gasteiger partial charge in [-0.2, -0.15) is 0 Å². The Morgan fingerprint density at radius 2 is 1.26 bits per heavy atom. The normalized spacial score (nSPS) is 11.0. The van der Waals surface area contributed by atoms with Crippen LogP contribution < -0.4 is 5.32 Å². The molecule has 0 amide bonds. The average molecular weight is 451 g/mol. The number of anilines is 2. The Labute approximate surface area is 203 Å². The van der Waals surface area contributed by atoms with E-state index in [4.69, 9.17) is 4.98 Å². The second-order valence-corrected chi connectivity index (χ2v) is 8.47. The molecule has 0 atom stereocenters. The molecule has 6 aromatic rings. The van der Waals surface area contributed by atoms with Crippen LogP contribution in [0.2, 0.25) is 0 Å². The number of aromatic nitrogens is 1. The van der Waals surface area contributed by atoms with Crippen LogP contribution in [0.1, 0.15) is 15.9 Å². The molecule has 0 fully saturated rings. The fourth-order valence-corrected chi connectivity index (χ4v) is 4.58. The Morgan fingerprint density at radius 3 is 2.09 bits per heavy atom. The maximum atomic E-state index is 13.2. The van der Waals surface area contributed by atoms with Gasteiger partial charge >= 0.3 is 0 Å². The van der Waals surface area contributed by atoms with E-state index in [1.807, 2.05) is 78.9 Å². The van der Waals surface area contributed by atoms with Crippen LogP contribution in [0.4, 0.5) is 11.4 Å². The van der Waals surface area contributed by atoms with E-state index in [1.54, 1.807) is 0 Å². The van der Waals surface area contributed by atoms with Crippen LogP contribution in [0.5, 0.6) is 0 Å². The molecule has 0 bridgehead atoms. The van der Waals surface area contributed by atoms with E-state index < -0.39 is 0 Å². The first kappa shape index (κ1) is 20.8. The van der Waals surface area contributed by atoms with Crippen LogP contribution in [-0.2, 0) is 0 Å². The first-order valence-corrected chi connectivity index (χ1v) is 11.6. The molecule has 35 heavy (non-hydrogen) atoms. The van der Waals surface area contributed by atoms with Crippen molar-refractivity contribution >= 4 is 39.0 Å². The molecule has 1 heterocycles. The van der Waals surface area contributed by atoms with Crippen molar-refractivity contribution < 1.29 is 4.79 Å². The molecule has 0 unspecified atom stereocenters. The number of nitrogens with one attached hydrogen (secondary N) is 1. The topological polar surface area (TPSA) is 42.0 Å². The summed E-state index contributed by atoms with van der Waals surface area (Å²) in [4.78, 5) is 18.1. The SMILES string of the molecule is O=C(c1ccccc1)c1ccccc1Nc1ccc2nc3ccccc3c(-c3ccccc3)c2c1. The van der Waals surface area contributed by atoms with Crippen LogP contribution in [0.15, 0.2) is 127 Å². The van der Waals surface area contributed by atoms with Gasteiger partial charge in [0.2, 0.25) is 0 Å². The molecule has 3 heteroatoms. The van der Waals surface area contributed by atoms with E-state index in [1.165, 1.54) is 0 Å². The zero-order chi connectivity index (χ0) is 23.6. The highest BCUT2D eigenvalue weighted by Gasteiger charge is 2.15. The Morgan fingerprint density at radius 1 is 0.600 bits per heavy atom. The third-order valence-electron chi connectivity index (χ3n) is 6.23. The number of pyridine rings is 1. The first-order chi connectivity index (χ1) is 17.3. The van der Waals surface area contributed by atoms with Gasteiger partial charge in [-0.1, -0.05) is 91.0 Å². The number of ketones is 1. The van der Waals surface area contributed by atoms with Crippen molar-refractivity contribution in [2.45, 2.75) is 0 Å². The van der Waals surface area contributed by atoms with E-state index in [2.05, 4.69) is 53.8 Å². The zero-order valence-corrected chi connectivity index (χ0v) is 19.0. The molecular formula is C32H22N2O. The van der Waals surface area contributed by atoms with Crippen molar-refractivity contribution in [3.63, 3.8) is 0 Å². The van der Waals surface area contributed by atoms with E-state index in [0.29, 0.717) is 11.1 Å². The van der Waals surface area contributed by atoms with Crippen LogP contribution in [-0.4, -0.2) is 10.8 Å². The first-order valence-electron chi connectivity index (χ1n) is 11.6. The Hall–Kier alpha value is -4.76. The van der Waals surface area contributed by atoms with Crippen molar-refractivity contribution in [3.8, 4) is 11.1 Å². The smallest absolute Gasteiger partial charge is 0.195 e. The number of nitrogens with zero attached hydrogens (tertiary/aromatic N) is 1. The number of fused-ring (bicyclic) bond motifs is 2. The van der Waals surface area contributed by atoms with Crippen LogP contribution >= 0.6 is 0 Å². The van der Waals surface area contributed by atoms with Gasteiger partial charge in [0, 0.05) is 38.8 Å². The predicted molar refractivity (Wildman–Crippen MR) is 144 cm³/mol. The van der Waals surface area contributed by atoms with Crippen molar-refractivity contribution in [3.05, 3.63) is 139 Å². The summed E-state index contributed by atoms with van der Waals surface area (Å²) in [5.41, 5.74) is 7.19. The second kappa shape index (κ2) is 8.88. The number of carbonyl (C=O) groups is 1. The minimum Gasteiger partial charge on any atom is -0.355 e. The lowest BCUT2D eigenvalue weighted by molar-refractivity contribution is 0.103. The molecule has 0 spiro atoms. The van der Waals surface area contributed by atoms with Crippen molar-refractivity contribution in [2.75, 3.05) is 5.32 Å². The van der Waals surface area contributed by atoms with E-state index >= 15 is 0 Å². The summed E-state index contributed by atoms with van der Waals surface area (Å²) in [6.07, 6.45) is 0. The summed E-state index contributed by atoms with van der Waals surface area (Å²) in [5, 5.41) is 5.67. The highest BCUT2D eigenvalue weighted by molar-refractivity contribution is 6.13. The van der Waals surface area contributed by atoms with Gasteiger partial charge in [-0.05, 0) is 42.0 Å². The highest BCUT2D eigenvalue weighted by Crippen LogP contribution is 2.36. The fourth-order valence-electron chi connectivity index (χ4n) is 4.58. The lowest BCUT2D eigenvalue weighted by atomic mass is 9.96. The molecule has 0 saturated heterocycles.